The van der Waals surface area contributed by atoms with Crippen molar-refractivity contribution in [3.05, 3.63) is 57.5 Å². The Morgan fingerprint density at radius 1 is 1.20 bits per heavy atom. The largest absolute Gasteiger partial charge is 0.453 e. The lowest BCUT2D eigenvalue weighted by Crippen LogP contribution is -2.27. The maximum Gasteiger partial charge on any atom is 0.238 e. The third kappa shape index (κ3) is 3.87. The molecule has 158 valence electrons. The maximum absolute atomic E-state index is 14.6. The van der Waals surface area contributed by atoms with Gasteiger partial charge in [0.2, 0.25) is 5.91 Å². The van der Waals surface area contributed by atoms with E-state index in [1.165, 1.54) is 12.1 Å². The molecule has 1 amide bonds. The fraction of sp³-hybridized carbons (Fsp3) is 0.200. The van der Waals surface area contributed by atoms with Crippen LogP contribution in [0.2, 0.25) is 0 Å². The quantitative estimate of drug-likeness (QED) is 0.546. The van der Waals surface area contributed by atoms with Gasteiger partial charge >= 0.3 is 0 Å². The molecular formula is C20H18F3N3O4. The van der Waals surface area contributed by atoms with Gasteiger partial charge in [0.15, 0.2) is 22.6 Å². The number of aliphatic hydroxyl groups is 1. The molecule has 1 heterocycles. The SMILES string of the molecule is CN(C)CC(=O)Nc1ccc(-c2cc(=O)c3c(N)c(F)c(CO)c(F)c3o2)cc1F. The van der Waals surface area contributed by atoms with E-state index in [9.17, 15) is 27.9 Å². The molecule has 7 nitrogen and oxygen atoms in total. The molecule has 0 atom stereocenters. The van der Waals surface area contributed by atoms with Crippen molar-refractivity contribution in [2.24, 2.45) is 0 Å². The van der Waals surface area contributed by atoms with Crippen LogP contribution in [0.25, 0.3) is 22.3 Å². The average molecular weight is 421 g/mol. The molecule has 0 bridgehead atoms. The number of hydrogen-bond donors (Lipinski definition) is 3. The molecule has 1 aromatic heterocycles. The third-order valence-electron chi connectivity index (χ3n) is 4.33. The van der Waals surface area contributed by atoms with Crippen LogP contribution in [-0.2, 0) is 11.4 Å². The molecule has 0 radical (unpaired) electrons. The molecule has 0 saturated heterocycles. The number of nitrogens with one attached hydrogen (secondary N) is 1. The van der Waals surface area contributed by atoms with Crippen molar-refractivity contribution in [3.8, 4) is 11.3 Å². The number of anilines is 2. The van der Waals surface area contributed by atoms with Crippen LogP contribution in [0.15, 0.2) is 33.5 Å². The van der Waals surface area contributed by atoms with E-state index in [4.69, 9.17) is 10.2 Å². The summed E-state index contributed by atoms with van der Waals surface area (Å²) < 4.78 is 48.5. The van der Waals surface area contributed by atoms with Crippen LogP contribution in [0.3, 0.4) is 0 Å². The summed E-state index contributed by atoms with van der Waals surface area (Å²) >= 11 is 0. The lowest BCUT2D eigenvalue weighted by atomic mass is 10.1. The molecule has 0 aliphatic carbocycles. The Labute approximate surface area is 168 Å². The Balaban J connectivity index is 2.08. The lowest BCUT2D eigenvalue weighted by Gasteiger charge is -2.12. The Bertz CT molecular complexity index is 1210. The second kappa shape index (κ2) is 8.17. The predicted octanol–water partition coefficient (Wildman–Crippen LogP) is 2.45. The van der Waals surface area contributed by atoms with Crippen LogP contribution in [0, 0.1) is 17.5 Å². The van der Waals surface area contributed by atoms with Crippen molar-refractivity contribution in [1.82, 2.24) is 4.90 Å². The fourth-order valence-corrected chi connectivity index (χ4v) is 2.94. The van der Waals surface area contributed by atoms with Gasteiger partial charge in [-0.05, 0) is 32.3 Å². The highest BCUT2D eigenvalue weighted by molar-refractivity contribution is 5.93. The minimum absolute atomic E-state index is 0.0468. The molecule has 2 aromatic carbocycles. The van der Waals surface area contributed by atoms with E-state index in [1.54, 1.807) is 19.0 Å². The Morgan fingerprint density at radius 2 is 1.90 bits per heavy atom. The van der Waals surface area contributed by atoms with E-state index in [1.807, 2.05) is 0 Å². The van der Waals surface area contributed by atoms with Gasteiger partial charge < -0.3 is 25.5 Å². The van der Waals surface area contributed by atoms with Crippen LogP contribution in [0.5, 0.6) is 0 Å². The molecule has 0 fully saturated rings. The van der Waals surface area contributed by atoms with Crippen LogP contribution < -0.4 is 16.5 Å². The average Bonchev–Trinajstić information content (AvgIpc) is 2.67. The molecule has 10 heteroatoms. The van der Waals surface area contributed by atoms with E-state index in [0.29, 0.717) is 0 Å². The van der Waals surface area contributed by atoms with Crippen molar-refractivity contribution in [2.75, 3.05) is 31.7 Å². The van der Waals surface area contributed by atoms with Crippen molar-refractivity contribution < 1.29 is 27.5 Å². The second-order valence-electron chi connectivity index (χ2n) is 6.84. The van der Waals surface area contributed by atoms with Gasteiger partial charge in [0.1, 0.15) is 11.6 Å². The van der Waals surface area contributed by atoms with E-state index < -0.39 is 57.6 Å². The molecule has 0 aliphatic heterocycles. The summed E-state index contributed by atoms with van der Waals surface area (Å²) in [6.07, 6.45) is 0. The van der Waals surface area contributed by atoms with Crippen LogP contribution in [-0.4, -0.2) is 36.6 Å². The van der Waals surface area contributed by atoms with Crippen LogP contribution in [0.4, 0.5) is 24.5 Å². The van der Waals surface area contributed by atoms with Gasteiger partial charge in [-0.1, -0.05) is 0 Å². The Hall–Kier alpha value is -3.37. The first-order valence-electron chi connectivity index (χ1n) is 8.72. The number of nitrogen functional groups attached to an aromatic ring is 1. The second-order valence-corrected chi connectivity index (χ2v) is 6.84. The zero-order chi connectivity index (χ0) is 22.2. The standard InChI is InChI=1S/C20H18F3N3O4/c1-26(2)7-15(29)25-12-4-3-9(5-11(12)21)14-6-13(28)16-19(24)17(22)10(8-27)18(23)20(16)30-14/h3-6,27H,7-8,24H2,1-2H3,(H,25,29). The summed E-state index contributed by atoms with van der Waals surface area (Å²) in [5, 5.41) is 11.1. The van der Waals surface area contributed by atoms with Crippen molar-refractivity contribution in [3.63, 3.8) is 0 Å². The van der Waals surface area contributed by atoms with Crippen LogP contribution in [0.1, 0.15) is 5.56 Å². The summed E-state index contributed by atoms with van der Waals surface area (Å²) in [7, 11) is 3.36. The number of carbonyl (C=O) groups is 1. The van der Waals surface area contributed by atoms with E-state index >= 15 is 0 Å². The van der Waals surface area contributed by atoms with Crippen molar-refractivity contribution >= 4 is 28.3 Å². The smallest absolute Gasteiger partial charge is 0.238 e. The number of carbonyl (C=O) groups excluding carboxylic acids is 1. The molecule has 3 rings (SSSR count). The summed E-state index contributed by atoms with van der Waals surface area (Å²) in [5.41, 5.74) is 2.66. The van der Waals surface area contributed by atoms with Gasteiger partial charge in [0.25, 0.3) is 0 Å². The van der Waals surface area contributed by atoms with E-state index in [-0.39, 0.29) is 23.6 Å². The summed E-state index contributed by atoms with van der Waals surface area (Å²) in [6, 6.07) is 4.54. The number of aliphatic hydroxyl groups excluding tert-OH is 1. The molecule has 3 aromatic rings. The minimum Gasteiger partial charge on any atom is -0.453 e. The number of benzene rings is 2. The molecule has 0 spiro atoms. The summed E-state index contributed by atoms with van der Waals surface area (Å²) in [5.74, 6) is -3.96. The number of nitrogens with two attached hydrogens (primary N) is 1. The van der Waals surface area contributed by atoms with Gasteiger partial charge in [-0.2, -0.15) is 0 Å². The monoisotopic (exact) mass is 421 g/mol. The van der Waals surface area contributed by atoms with Crippen molar-refractivity contribution in [2.45, 2.75) is 6.61 Å². The van der Waals surface area contributed by atoms with Gasteiger partial charge in [-0.3, -0.25) is 9.59 Å². The zero-order valence-electron chi connectivity index (χ0n) is 16.1. The highest BCUT2D eigenvalue weighted by Crippen LogP contribution is 2.32. The first kappa shape index (κ1) is 21.3. The lowest BCUT2D eigenvalue weighted by molar-refractivity contribution is -0.116. The first-order chi connectivity index (χ1) is 14.1. The highest BCUT2D eigenvalue weighted by atomic mass is 19.1. The van der Waals surface area contributed by atoms with E-state index in [2.05, 4.69) is 5.32 Å². The zero-order valence-corrected chi connectivity index (χ0v) is 16.1. The summed E-state index contributed by atoms with van der Waals surface area (Å²) in [4.78, 5) is 25.8. The topological polar surface area (TPSA) is 109 Å². The molecule has 0 aliphatic rings. The van der Waals surface area contributed by atoms with Crippen LogP contribution >= 0.6 is 0 Å². The normalized spacial score (nSPS) is 11.3. The number of amides is 1. The Morgan fingerprint density at radius 3 is 2.50 bits per heavy atom. The molecular weight excluding hydrogens is 403 g/mol. The van der Waals surface area contributed by atoms with Crippen molar-refractivity contribution in [1.29, 1.82) is 0 Å². The maximum atomic E-state index is 14.6. The first-order valence-corrected chi connectivity index (χ1v) is 8.72. The number of likely N-dealkylation sites (N-methyl/N-ethyl adjacent to an activating group) is 1. The third-order valence-corrected chi connectivity index (χ3v) is 4.33. The van der Waals surface area contributed by atoms with Gasteiger partial charge in [0.05, 0.1) is 35.5 Å². The predicted molar refractivity (Wildman–Crippen MR) is 105 cm³/mol. The molecule has 0 unspecified atom stereocenters. The molecule has 0 saturated carbocycles. The number of halogens is 3. The van der Waals surface area contributed by atoms with Gasteiger partial charge in [-0.25, -0.2) is 13.2 Å². The number of hydrogen-bond acceptors (Lipinski definition) is 6. The number of nitrogens with zero attached hydrogens (tertiary/aromatic N) is 1. The minimum atomic E-state index is -1.27. The number of fused-ring (bicyclic) bond motifs is 1. The summed E-state index contributed by atoms with van der Waals surface area (Å²) in [6.45, 7) is -0.951. The van der Waals surface area contributed by atoms with Gasteiger partial charge in [0, 0.05) is 11.6 Å². The molecule has 4 N–H and O–H groups in total. The Kier molecular flexibility index (Phi) is 5.81. The molecule has 30 heavy (non-hydrogen) atoms. The number of rotatable bonds is 5. The highest BCUT2D eigenvalue weighted by Gasteiger charge is 2.23. The van der Waals surface area contributed by atoms with E-state index in [0.717, 1.165) is 12.1 Å². The van der Waals surface area contributed by atoms with Gasteiger partial charge in [-0.15, -0.1) is 0 Å². The fourth-order valence-electron chi connectivity index (χ4n) is 2.94.